The molecule has 6 nitrogen and oxygen atoms in total. The van der Waals surface area contributed by atoms with Crippen LogP contribution < -0.4 is 9.46 Å². The number of anilines is 1. The molecule has 0 bridgehead atoms. The van der Waals surface area contributed by atoms with Crippen LogP contribution >= 0.6 is 0 Å². The van der Waals surface area contributed by atoms with Crippen molar-refractivity contribution in [2.24, 2.45) is 17.3 Å². The van der Waals surface area contributed by atoms with Crippen LogP contribution in [-0.2, 0) is 21.5 Å². The molecule has 3 aliphatic carbocycles. The van der Waals surface area contributed by atoms with Crippen molar-refractivity contribution >= 4 is 21.8 Å². The van der Waals surface area contributed by atoms with Gasteiger partial charge in [-0.3, -0.25) is 14.1 Å². The largest absolute Gasteiger partial charge is 0.495 e. The summed E-state index contributed by atoms with van der Waals surface area (Å²) in [5.41, 5.74) is 2.42. The summed E-state index contributed by atoms with van der Waals surface area (Å²) in [6, 6.07) is 3.70. The van der Waals surface area contributed by atoms with Gasteiger partial charge in [0, 0.05) is 11.8 Å². The maximum atomic E-state index is 12.4. The fourth-order valence-electron chi connectivity index (χ4n) is 5.76. The molecule has 4 rings (SSSR count). The summed E-state index contributed by atoms with van der Waals surface area (Å²) in [4.78, 5) is 12.4. The predicted octanol–water partition coefficient (Wildman–Crippen LogP) is 3.34. The number of Topliss-reactive ketones (excluding diaryl/α,β-unsaturated/α-hetero) is 1. The molecule has 0 aliphatic heterocycles. The van der Waals surface area contributed by atoms with Gasteiger partial charge in [-0.15, -0.1) is 0 Å². The zero-order chi connectivity index (χ0) is 18.7. The third-order valence-corrected chi connectivity index (χ3v) is 7.47. The molecule has 3 aliphatic rings. The van der Waals surface area contributed by atoms with Crippen LogP contribution in [0, 0.1) is 17.3 Å². The van der Waals surface area contributed by atoms with Crippen molar-refractivity contribution in [1.82, 2.24) is 0 Å². The monoisotopic (exact) mass is 379 g/mol. The maximum Gasteiger partial charge on any atom is 0.357 e. The summed E-state index contributed by atoms with van der Waals surface area (Å²) < 4.78 is 39.0. The van der Waals surface area contributed by atoms with E-state index in [4.69, 9.17) is 9.29 Å². The molecule has 2 saturated carbocycles. The Balaban J connectivity index is 1.72. The fourth-order valence-corrected chi connectivity index (χ4v) is 6.20. The second-order valence-electron chi connectivity index (χ2n) is 8.16. The summed E-state index contributed by atoms with van der Waals surface area (Å²) in [6.45, 7) is 2.15. The zero-order valence-corrected chi connectivity index (χ0v) is 15.9. The number of carbonyl (C=O) groups is 1. The number of nitrogens with one attached hydrogen (secondary N) is 1. The number of benzene rings is 1. The molecule has 2 N–H and O–H groups in total. The average molecular weight is 379 g/mol. The second-order valence-corrected chi connectivity index (χ2v) is 9.32. The van der Waals surface area contributed by atoms with Gasteiger partial charge >= 0.3 is 10.3 Å². The van der Waals surface area contributed by atoms with Crippen LogP contribution in [-0.4, -0.2) is 25.9 Å². The molecule has 142 valence electrons. The molecule has 0 unspecified atom stereocenters. The lowest BCUT2D eigenvalue weighted by Gasteiger charge is -2.48. The highest BCUT2D eigenvalue weighted by Gasteiger charge is 2.54. The van der Waals surface area contributed by atoms with E-state index >= 15 is 0 Å². The Morgan fingerprint density at radius 1 is 1.23 bits per heavy atom. The molecule has 0 saturated heterocycles. The number of ketones is 1. The van der Waals surface area contributed by atoms with E-state index in [0.717, 1.165) is 37.7 Å². The number of fused-ring (bicyclic) bond motifs is 5. The average Bonchev–Trinajstić information content (AvgIpc) is 2.88. The number of methoxy groups -OCH3 is 1. The van der Waals surface area contributed by atoms with Gasteiger partial charge in [-0.05, 0) is 73.1 Å². The van der Waals surface area contributed by atoms with Gasteiger partial charge in [0.1, 0.15) is 11.5 Å². The van der Waals surface area contributed by atoms with Gasteiger partial charge in [0.15, 0.2) is 0 Å². The molecule has 0 amide bonds. The topological polar surface area (TPSA) is 92.7 Å². The van der Waals surface area contributed by atoms with Crippen LogP contribution in [0.2, 0.25) is 0 Å². The van der Waals surface area contributed by atoms with Crippen LogP contribution in [0.25, 0.3) is 0 Å². The second kappa shape index (κ2) is 5.96. The molecular formula is C19H25NO5S. The van der Waals surface area contributed by atoms with Gasteiger partial charge in [-0.1, -0.05) is 6.92 Å². The van der Waals surface area contributed by atoms with Gasteiger partial charge < -0.3 is 4.74 Å². The molecule has 0 radical (unpaired) electrons. The van der Waals surface area contributed by atoms with Crippen LogP contribution in [0.5, 0.6) is 5.75 Å². The minimum absolute atomic E-state index is 0.158. The van der Waals surface area contributed by atoms with Crippen molar-refractivity contribution in [3.63, 3.8) is 0 Å². The van der Waals surface area contributed by atoms with Crippen LogP contribution in [0.1, 0.15) is 56.1 Å². The van der Waals surface area contributed by atoms with Gasteiger partial charge in [-0.25, -0.2) is 0 Å². The minimum Gasteiger partial charge on any atom is -0.495 e. The quantitative estimate of drug-likeness (QED) is 0.786. The molecule has 2 fully saturated rings. The van der Waals surface area contributed by atoms with E-state index in [9.17, 15) is 13.2 Å². The van der Waals surface area contributed by atoms with E-state index in [2.05, 4.69) is 11.6 Å². The number of aryl methyl sites for hydroxylation is 1. The Morgan fingerprint density at radius 3 is 2.69 bits per heavy atom. The normalized spacial score (nSPS) is 33.2. The number of hydrogen-bond donors (Lipinski definition) is 2. The first-order chi connectivity index (χ1) is 12.2. The Hall–Kier alpha value is -1.60. The first kappa shape index (κ1) is 17.8. The summed E-state index contributed by atoms with van der Waals surface area (Å²) in [5, 5.41) is 0. The van der Waals surface area contributed by atoms with Gasteiger partial charge in [0.2, 0.25) is 0 Å². The molecule has 26 heavy (non-hydrogen) atoms. The molecule has 0 heterocycles. The molecule has 1 aromatic carbocycles. The van der Waals surface area contributed by atoms with E-state index in [-0.39, 0.29) is 11.1 Å². The van der Waals surface area contributed by atoms with Crippen molar-refractivity contribution in [2.75, 3.05) is 11.8 Å². The first-order valence-corrected chi connectivity index (χ1v) is 10.7. The predicted molar refractivity (Wildman–Crippen MR) is 97.8 cm³/mol. The summed E-state index contributed by atoms with van der Waals surface area (Å²) >= 11 is 0. The molecule has 0 spiro atoms. The van der Waals surface area contributed by atoms with Gasteiger partial charge in [-0.2, -0.15) is 8.42 Å². The number of carbonyl (C=O) groups excluding carboxylic acids is 1. The molecule has 4 atom stereocenters. The smallest absolute Gasteiger partial charge is 0.357 e. The fraction of sp³-hybridized carbons (Fsp3) is 0.632. The van der Waals surface area contributed by atoms with Crippen molar-refractivity contribution < 1.29 is 22.5 Å². The third kappa shape index (κ3) is 2.72. The van der Waals surface area contributed by atoms with Crippen LogP contribution in [0.15, 0.2) is 12.1 Å². The Morgan fingerprint density at radius 2 is 2.00 bits per heavy atom. The molecule has 7 heteroatoms. The van der Waals surface area contributed by atoms with Crippen LogP contribution in [0.3, 0.4) is 0 Å². The lowest BCUT2D eigenvalue weighted by atomic mass is 9.55. The Kier molecular flexibility index (Phi) is 4.08. The molecule has 0 aromatic heterocycles. The minimum atomic E-state index is -4.35. The Labute approximate surface area is 154 Å². The number of hydrogen-bond acceptors (Lipinski definition) is 4. The lowest BCUT2D eigenvalue weighted by Crippen LogP contribution is -2.42. The maximum absolute atomic E-state index is 12.4. The standard InChI is InChI=1S/C19H25NO5S/c1-19-8-7-12-13(15(19)5-6-18(19)21)4-3-11-9-16(20-26(22,23)24)17(25-2)10-14(11)12/h9-10,12-13,15,20H,3-8H2,1-2H3,(H,22,23,24)/t12-,13+,15-,19-/m0/s1. The van der Waals surface area contributed by atoms with E-state index in [1.54, 1.807) is 6.07 Å². The van der Waals surface area contributed by atoms with Crippen molar-refractivity contribution in [1.29, 1.82) is 0 Å². The van der Waals surface area contributed by atoms with E-state index < -0.39 is 10.3 Å². The number of ether oxygens (including phenoxy) is 1. The zero-order valence-electron chi connectivity index (χ0n) is 15.1. The lowest BCUT2D eigenvalue weighted by molar-refractivity contribution is -0.129. The van der Waals surface area contributed by atoms with E-state index in [0.29, 0.717) is 35.7 Å². The summed E-state index contributed by atoms with van der Waals surface area (Å²) in [6.07, 6.45) is 5.46. The first-order valence-electron chi connectivity index (χ1n) is 9.22. The van der Waals surface area contributed by atoms with Crippen molar-refractivity contribution in [3.05, 3.63) is 23.3 Å². The van der Waals surface area contributed by atoms with Gasteiger partial charge in [0.05, 0.1) is 12.8 Å². The SMILES string of the molecule is COc1cc2c(cc1NS(=O)(=O)O)CC[C@@H]1[C@@H]2CC[C@]2(C)C(=O)CC[C@@H]12. The molecular weight excluding hydrogens is 354 g/mol. The van der Waals surface area contributed by atoms with Crippen molar-refractivity contribution in [2.45, 2.75) is 51.4 Å². The summed E-state index contributed by atoms with van der Waals surface area (Å²) in [7, 11) is -2.86. The summed E-state index contributed by atoms with van der Waals surface area (Å²) in [5.74, 6) is 2.17. The van der Waals surface area contributed by atoms with Crippen molar-refractivity contribution in [3.8, 4) is 5.75 Å². The van der Waals surface area contributed by atoms with Gasteiger partial charge in [0.25, 0.3) is 0 Å². The van der Waals surface area contributed by atoms with Crippen LogP contribution in [0.4, 0.5) is 5.69 Å². The van der Waals surface area contributed by atoms with E-state index in [1.807, 2.05) is 6.07 Å². The third-order valence-electron chi connectivity index (χ3n) is 6.99. The molecule has 1 aromatic rings. The number of rotatable bonds is 3. The highest BCUT2D eigenvalue weighted by atomic mass is 32.2. The highest BCUT2D eigenvalue weighted by molar-refractivity contribution is 7.87. The van der Waals surface area contributed by atoms with E-state index in [1.165, 1.54) is 12.7 Å². The Bertz CT molecular complexity index is 865. The highest BCUT2D eigenvalue weighted by Crippen LogP contribution is 2.60.